The lowest BCUT2D eigenvalue weighted by atomic mass is 9.98. The van der Waals surface area contributed by atoms with Gasteiger partial charge < -0.3 is 21.8 Å². The van der Waals surface area contributed by atoms with Gasteiger partial charge in [-0.1, -0.05) is 12.8 Å². The number of thiazole rings is 1. The van der Waals surface area contributed by atoms with Gasteiger partial charge in [-0.2, -0.15) is 0 Å². The maximum absolute atomic E-state index is 12.2. The largest absolute Gasteiger partial charge is 0.364 e. The van der Waals surface area contributed by atoms with Gasteiger partial charge in [-0.3, -0.25) is 9.59 Å². The van der Waals surface area contributed by atoms with Crippen LogP contribution in [0.2, 0.25) is 0 Å². The minimum atomic E-state index is -0.779. The Hall–Kier alpha value is -1.90. The zero-order valence-electron chi connectivity index (χ0n) is 12.3. The molecule has 0 saturated heterocycles. The molecule has 6 N–H and O–H groups in total. The first-order valence-electron chi connectivity index (χ1n) is 7.02. The number of carbonyl (C=O) groups excluding carboxylic acids is 2. The average molecular weight is 356 g/mol. The number of hydrogen-bond acceptors (Lipinski definition) is 5. The number of halogens is 1. The Balaban J connectivity index is 0.00000192. The molecule has 0 bridgehead atoms. The molecule has 0 unspecified atom stereocenters. The highest BCUT2D eigenvalue weighted by atomic mass is 35.5. The minimum absolute atomic E-state index is 0. The highest BCUT2D eigenvalue weighted by Crippen LogP contribution is 2.30. The summed E-state index contributed by atoms with van der Waals surface area (Å²) in [4.78, 5) is 30.5. The van der Waals surface area contributed by atoms with Crippen LogP contribution in [-0.4, -0.2) is 27.3 Å². The highest BCUT2D eigenvalue weighted by Gasteiger charge is 2.37. The molecule has 124 valence electrons. The van der Waals surface area contributed by atoms with Gasteiger partial charge in [-0.15, -0.1) is 23.7 Å². The van der Waals surface area contributed by atoms with Crippen molar-refractivity contribution in [1.82, 2.24) is 9.97 Å². The van der Waals surface area contributed by atoms with E-state index in [1.807, 2.05) is 0 Å². The Labute approximate surface area is 143 Å². The van der Waals surface area contributed by atoms with Gasteiger partial charge in [0.05, 0.1) is 11.2 Å². The minimum Gasteiger partial charge on any atom is -0.364 e. The van der Waals surface area contributed by atoms with E-state index in [0.717, 1.165) is 18.4 Å². The molecule has 1 fully saturated rings. The lowest BCUT2D eigenvalue weighted by Gasteiger charge is -2.21. The number of aromatic nitrogens is 2. The number of carbonyl (C=O) groups is 2. The maximum atomic E-state index is 12.2. The molecular formula is C14H18ClN5O2S. The lowest BCUT2D eigenvalue weighted by Crippen LogP contribution is -2.48. The summed E-state index contributed by atoms with van der Waals surface area (Å²) < 4.78 is 0. The number of aromatic amines is 1. The number of primary amides is 1. The van der Waals surface area contributed by atoms with Crippen LogP contribution in [-0.2, 0) is 4.79 Å². The molecule has 2 amide bonds. The van der Waals surface area contributed by atoms with E-state index in [4.69, 9.17) is 11.5 Å². The second kappa shape index (κ2) is 6.69. The van der Waals surface area contributed by atoms with Crippen molar-refractivity contribution >= 4 is 40.7 Å². The van der Waals surface area contributed by atoms with Crippen LogP contribution < -0.4 is 16.8 Å². The predicted molar refractivity (Wildman–Crippen MR) is 91.7 cm³/mol. The molecule has 1 aliphatic rings. The second-order valence-corrected chi connectivity index (χ2v) is 6.38. The lowest BCUT2D eigenvalue weighted by molar-refractivity contribution is -0.121. The Bertz CT molecular complexity index is 720. The van der Waals surface area contributed by atoms with Gasteiger partial charge in [0.25, 0.3) is 5.91 Å². The zero-order valence-corrected chi connectivity index (χ0v) is 13.9. The van der Waals surface area contributed by atoms with E-state index in [1.54, 1.807) is 17.6 Å². The molecule has 1 aliphatic carbocycles. The molecular weight excluding hydrogens is 338 g/mol. The van der Waals surface area contributed by atoms with E-state index in [9.17, 15) is 9.59 Å². The molecule has 1 saturated carbocycles. The number of nitrogens with zero attached hydrogens (tertiary/aromatic N) is 1. The first-order chi connectivity index (χ1) is 10.5. The molecule has 2 aromatic rings. The van der Waals surface area contributed by atoms with Crippen LogP contribution in [0.3, 0.4) is 0 Å². The molecule has 0 spiro atoms. The van der Waals surface area contributed by atoms with Crippen molar-refractivity contribution in [2.45, 2.75) is 31.2 Å². The van der Waals surface area contributed by atoms with Crippen molar-refractivity contribution in [1.29, 1.82) is 0 Å². The fourth-order valence-corrected chi connectivity index (χ4v) is 3.32. The standard InChI is InChI=1S/C14H17N5O2S.ClH/c15-11(20)9-5-8(6-17-9)10-7-22-13(18-10)19-12(21)14(16)3-1-2-4-14;/h5-7,17H,1-4,16H2,(H2,15,20)(H,18,19,21);1H. The Morgan fingerprint density at radius 2 is 2.04 bits per heavy atom. The van der Waals surface area contributed by atoms with Crippen molar-refractivity contribution in [3.05, 3.63) is 23.3 Å². The monoisotopic (exact) mass is 355 g/mol. The summed E-state index contributed by atoms with van der Waals surface area (Å²) in [5, 5.41) is 5.09. The SMILES string of the molecule is Cl.NC(=O)c1cc(-c2csc(NC(=O)C3(N)CCCC3)n2)c[nH]1. The van der Waals surface area contributed by atoms with E-state index in [0.29, 0.717) is 29.4 Å². The fraction of sp³-hybridized carbons (Fsp3) is 0.357. The first kappa shape index (κ1) is 17.5. The van der Waals surface area contributed by atoms with Crippen molar-refractivity contribution < 1.29 is 9.59 Å². The third-order valence-corrected chi connectivity index (χ3v) is 4.67. The van der Waals surface area contributed by atoms with Crippen LogP contribution in [0.4, 0.5) is 5.13 Å². The quantitative estimate of drug-likeness (QED) is 0.667. The fourth-order valence-electron chi connectivity index (χ4n) is 2.60. The molecule has 0 aromatic carbocycles. The van der Waals surface area contributed by atoms with Crippen molar-refractivity contribution in [2.24, 2.45) is 11.5 Å². The summed E-state index contributed by atoms with van der Waals surface area (Å²) in [6.07, 6.45) is 5.02. The van der Waals surface area contributed by atoms with E-state index in [2.05, 4.69) is 15.3 Å². The number of rotatable bonds is 4. The van der Waals surface area contributed by atoms with Gasteiger partial charge in [0, 0.05) is 17.1 Å². The Kier molecular flexibility index (Phi) is 5.08. The van der Waals surface area contributed by atoms with Gasteiger partial charge in [0.15, 0.2) is 5.13 Å². The van der Waals surface area contributed by atoms with Crippen LogP contribution in [0.1, 0.15) is 36.2 Å². The molecule has 0 atom stereocenters. The van der Waals surface area contributed by atoms with E-state index in [1.165, 1.54) is 11.3 Å². The van der Waals surface area contributed by atoms with E-state index < -0.39 is 11.4 Å². The smallest absolute Gasteiger partial charge is 0.265 e. The molecule has 0 aliphatic heterocycles. The molecule has 0 radical (unpaired) electrons. The van der Waals surface area contributed by atoms with Gasteiger partial charge in [0.2, 0.25) is 5.91 Å². The predicted octanol–water partition coefficient (Wildman–Crippen LogP) is 1.87. The molecule has 3 rings (SSSR count). The van der Waals surface area contributed by atoms with Crippen LogP contribution >= 0.6 is 23.7 Å². The zero-order chi connectivity index (χ0) is 15.7. The van der Waals surface area contributed by atoms with Crippen molar-refractivity contribution in [3.63, 3.8) is 0 Å². The average Bonchev–Trinajstić information content (AvgIpc) is 3.17. The number of amides is 2. The molecule has 7 nitrogen and oxygen atoms in total. The summed E-state index contributed by atoms with van der Waals surface area (Å²) in [7, 11) is 0. The molecule has 23 heavy (non-hydrogen) atoms. The number of anilines is 1. The second-order valence-electron chi connectivity index (χ2n) is 5.52. The van der Waals surface area contributed by atoms with E-state index in [-0.39, 0.29) is 18.3 Å². The van der Waals surface area contributed by atoms with Gasteiger partial charge in [-0.25, -0.2) is 4.98 Å². The Morgan fingerprint density at radius 1 is 1.35 bits per heavy atom. The summed E-state index contributed by atoms with van der Waals surface area (Å²) in [6.45, 7) is 0. The molecule has 2 heterocycles. The number of nitrogens with one attached hydrogen (secondary N) is 2. The molecule has 9 heteroatoms. The maximum Gasteiger partial charge on any atom is 0.265 e. The first-order valence-corrected chi connectivity index (χ1v) is 7.90. The van der Waals surface area contributed by atoms with E-state index >= 15 is 0 Å². The summed E-state index contributed by atoms with van der Waals surface area (Å²) in [5.41, 5.74) is 12.3. The van der Waals surface area contributed by atoms with Gasteiger partial charge in [0.1, 0.15) is 5.69 Å². The summed E-state index contributed by atoms with van der Waals surface area (Å²) >= 11 is 1.32. The third-order valence-electron chi connectivity index (χ3n) is 3.92. The number of nitrogens with two attached hydrogens (primary N) is 2. The van der Waals surface area contributed by atoms with Gasteiger partial charge >= 0.3 is 0 Å². The number of hydrogen-bond donors (Lipinski definition) is 4. The van der Waals surface area contributed by atoms with Crippen LogP contribution in [0.15, 0.2) is 17.6 Å². The molecule has 2 aromatic heterocycles. The summed E-state index contributed by atoms with van der Waals surface area (Å²) in [6, 6.07) is 1.63. The normalized spacial score (nSPS) is 15.9. The van der Waals surface area contributed by atoms with Crippen molar-refractivity contribution in [3.8, 4) is 11.3 Å². The Morgan fingerprint density at radius 3 is 2.65 bits per heavy atom. The van der Waals surface area contributed by atoms with Gasteiger partial charge in [-0.05, 0) is 18.9 Å². The van der Waals surface area contributed by atoms with Crippen LogP contribution in [0, 0.1) is 0 Å². The van der Waals surface area contributed by atoms with Crippen LogP contribution in [0.5, 0.6) is 0 Å². The topological polar surface area (TPSA) is 127 Å². The third kappa shape index (κ3) is 3.54. The number of H-pyrrole nitrogens is 1. The highest BCUT2D eigenvalue weighted by molar-refractivity contribution is 7.14. The van der Waals surface area contributed by atoms with Crippen molar-refractivity contribution in [2.75, 3.05) is 5.32 Å². The summed E-state index contributed by atoms with van der Waals surface area (Å²) in [5.74, 6) is -0.709. The van der Waals surface area contributed by atoms with Crippen LogP contribution in [0.25, 0.3) is 11.3 Å².